The standard InChI is InChI=1S/C14H20N2O2/c1-10(15-2)11-4-6-12(7-5-11)18-13-8-9-16(3)14(13)17/h4-7,10,13,15H,8-9H2,1-3H3. The number of nitrogens with one attached hydrogen (secondary N) is 1. The Labute approximate surface area is 108 Å². The molecule has 4 nitrogen and oxygen atoms in total. The molecule has 1 aliphatic heterocycles. The maximum Gasteiger partial charge on any atom is 0.263 e. The van der Waals surface area contributed by atoms with Gasteiger partial charge in [0.15, 0.2) is 6.10 Å². The third kappa shape index (κ3) is 2.64. The molecule has 0 bridgehead atoms. The summed E-state index contributed by atoms with van der Waals surface area (Å²) in [5.74, 6) is 0.832. The fraction of sp³-hybridized carbons (Fsp3) is 0.500. The monoisotopic (exact) mass is 248 g/mol. The number of benzene rings is 1. The predicted octanol–water partition coefficient (Wildman–Crippen LogP) is 1.58. The topological polar surface area (TPSA) is 41.6 Å². The lowest BCUT2D eigenvalue weighted by Gasteiger charge is -2.14. The molecule has 0 aliphatic carbocycles. The zero-order valence-corrected chi connectivity index (χ0v) is 11.1. The van der Waals surface area contributed by atoms with E-state index in [0.29, 0.717) is 6.04 Å². The second-order valence-electron chi connectivity index (χ2n) is 4.73. The summed E-state index contributed by atoms with van der Waals surface area (Å²) >= 11 is 0. The van der Waals surface area contributed by atoms with E-state index in [1.807, 2.05) is 38.4 Å². The maximum atomic E-state index is 11.7. The molecule has 1 heterocycles. The molecule has 1 aromatic carbocycles. The van der Waals surface area contributed by atoms with E-state index in [4.69, 9.17) is 4.74 Å². The molecule has 1 aromatic rings. The van der Waals surface area contributed by atoms with Gasteiger partial charge in [0.05, 0.1) is 0 Å². The van der Waals surface area contributed by atoms with E-state index < -0.39 is 0 Å². The van der Waals surface area contributed by atoms with Crippen molar-refractivity contribution >= 4 is 5.91 Å². The van der Waals surface area contributed by atoms with Gasteiger partial charge in [-0.25, -0.2) is 0 Å². The summed E-state index contributed by atoms with van der Waals surface area (Å²) in [6.07, 6.45) is 0.451. The van der Waals surface area contributed by atoms with Crippen LogP contribution in [0, 0.1) is 0 Å². The van der Waals surface area contributed by atoms with Gasteiger partial charge in [-0.1, -0.05) is 12.1 Å². The summed E-state index contributed by atoms with van der Waals surface area (Å²) in [7, 11) is 3.74. The van der Waals surface area contributed by atoms with Crippen LogP contribution >= 0.6 is 0 Å². The second kappa shape index (κ2) is 5.40. The highest BCUT2D eigenvalue weighted by molar-refractivity contribution is 5.83. The number of rotatable bonds is 4. The van der Waals surface area contributed by atoms with Crippen LogP contribution in [0.1, 0.15) is 24.9 Å². The van der Waals surface area contributed by atoms with Gasteiger partial charge in [-0.2, -0.15) is 0 Å². The summed E-state index contributed by atoms with van der Waals surface area (Å²) in [6, 6.07) is 8.22. The molecular formula is C14H20N2O2. The van der Waals surface area contributed by atoms with E-state index in [-0.39, 0.29) is 12.0 Å². The van der Waals surface area contributed by atoms with Gasteiger partial charge in [0, 0.05) is 26.1 Å². The minimum absolute atomic E-state index is 0.0719. The van der Waals surface area contributed by atoms with E-state index >= 15 is 0 Å². The Balaban J connectivity index is 2.00. The lowest BCUT2D eigenvalue weighted by molar-refractivity contribution is -0.132. The summed E-state index contributed by atoms with van der Waals surface area (Å²) in [4.78, 5) is 13.4. The number of carbonyl (C=O) groups excluding carboxylic acids is 1. The molecule has 0 spiro atoms. The van der Waals surface area contributed by atoms with Crippen LogP contribution < -0.4 is 10.1 Å². The Morgan fingerprint density at radius 2 is 2.06 bits per heavy atom. The van der Waals surface area contributed by atoms with Crippen LogP contribution in [-0.4, -0.2) is 37.6 Å². The average molecular weight is 248 g/mol. The van der Waals surface area contributed by atoms with Crippen LogP contribution in [0.3, 0.4) is 0 Å². The quantitative estimate of drug-likeness (QED) is 0.879. The number of carbonyl (C=O) groups is 1. The SMILES string of the molecule is CNC(C)c1ccc(OC2CCN(C)C2=O)cc1. The van der Waals surface area contributed by atoms with Crippen molar-refractivity contribution in [2.24, 2.45) is 0 Å². The summed E-state index contributed by atoms with van der Waals surface area (Å²) in [6.45, 7) is 2.88. The Morgan fingerprint density at radius 1 is 1.39 bits per heavy atom. The Bertz CT molecular complexity index is 416. The molecule has 4 heteroatoms. The van der Waals surface area contributed by atoms with Crippen molar-refractivity contribution in [1.29, 1.82) is 0 Å². The van der Waals surface area contributed by atoms with E-state index in [1.54, 1.807) is 4.90 Å². The van der Waals surface area contributed by atoms with Crippen LogP contribution in [0.2, 0.25) is 0 Å². The second-order valence-corrected chi connectivity index (χ2v) is 4.73. The number of hydrogen-bond acceptors (Lipinski definition) is 3. The van der Waals surface area contributed by atoms with E-state index in [9.17, 15) is 4.79 Å². The van der Waals surface area contributed by atoms with Crippen molar-refractivity contribution in [3.05, 3.63) is 29.8 Å². The summed E-state index contributed by atoms with van der Waals surface area (Å²) in [5, 5.41) is 3.19. The van der Waals surface area contributed by atoms with Crippen molar-refractivity contribution in [2.75, 3.05) is 20.6 Å². The highest BCUT2D eigenvalue weighted by Crippen LogP contribution is 2.21. The largest absolute Gasteiger partial charge is 0.481 e. The van der Waals surface area contributed by atoms with Gasteiger partial charge in [-0.15, -0.1) is 0 Å². The van der Waals surface area contributed by atoms with Crippen LogP contribution in [0.15, 0.2) is 24.3 Å². The first-order chi connectivity index (χ1) is 8.61. The highest BCUT2D eigenvalue weighted by atomic mass is 16.5. The first-order valence-electron chi connectivity index (χ1n) is 6.30. The van der Waals surface area contributed by atoms with Gasteiger partial charge in [-0.05, 0) is 31.7 Å². The zero-order chi connectivity index (χ0) is 13.1. The lowest BCUT2D eigenvalue weighted by atomic mass is 10.1. The third-order valence-corrected chi connectivity index (χ3v) is 3.47. The number of nitrogens with zero attached hydrogens (tertiary/aromatic N) is 1. The zero-order valence-electron chi connectivity index (χ0n) is 11.1. The molecule has 1 aliphatic rings. The number of ether oxygens (including phenoxy) is 1. The van der Waals surface area contributed by atoms with Crippen LogP contribution in [0.4, 0.5) is 0 Å². The Hall–Kier alpha value is -1.55. The fourth-order valence-electron chi connectivity index (χ4n) is 2.07. The molecule has 18 heavy (non-hydrogen) atoms. The van der Waals surface area contributed by atoms with Gasteiger partial charge in [0.2, 0.25) is 0 Å². The summed E-state index contributed by atoms with van der Waals surface area (Å²) < 4.78 is 5.71. The third-order valence-electron chi connectivity index (χ3n) is 3.47. The molecule has 2 atom stereocenters. The molecule has 0 saturated carbocycles. The lowest BCUT2D eigenvalue weighted by Crippen LogP contribution is -2.29. The number of likely N-dealkylation sites (tertiary alicyclic amines) is 1. The van der Waals surface area contributed by atoms with Crippen LogP contribution in [0.5, 0.6) is 5.75 Å². The minimum Gasteiger partial charge on any atom is -0.481 e. The molecule has 1 N–H and O–H groups in total. The van der Waals surface area contributed by atoms with E-state index in [0.717, 1.165) is 18.7 Å². The first kappa shape index (κ1) is 12.9. The van der Waals surface area contributed by atoms with E-state index in [1.165, 1.54) is 5.56 Å². The maximum absolute atomic E-state index is 11.7. The van der Waals surface area contributed by atoms with Crippen molar-refractivity contribution in [2.45, 2.75) is 25.5 Å². The van der Waals surface area contributed by atoms with Crippen molar-refractivity contribution < 1.29 is 9.53 Å². The predicted molar refractivity (Wildman–Crippen MR) is 70.6 cm³/mol. The number of amides is 1. The van der Waals surface area contributed by atoms with E-state index in [2.05, 4.69) is 12.2 Å². The molecule has 0 radical (unpaired) electrons. The minimum atomic E-state index is -0.317. The number of hydrogen-bond donors (Lipinski definition) is 1. The Morgan fingerprint density at radius 3 is 2.56 bits per heavy atom. The molecule has 0 aromatic heterocycles. The van der Waals surface area contributed by atoms with Gasteiger partial charge in [0.1, 0.15) is 5.75 Å². The van der Waals surface area contributed by atoms with Crippen LogP contribution in [-0.2, 0) is 4.79 Å². The van der Waals surface area contributed by atoms with Crippen molar-refractivity contribution in [3.8, 4) is 5.75 Å². The average Bonchev–Trinajstić information content (AvgIpc) is 2.71. The van der Waals surface area contributed by atoms with Crippen LogP contribution in [0.25, 0.3) is 0 Å². The molecule has 2 unspecified atom stereocenters. The molecule has 1 saturated heterocycles. The fourth-order valence-corrected chi connectivity index (χ4v) is 2.07. The Kier molecular flexibility index (Phi) is 3.87. The van der Waals surface area contributed by atoms with Gasteiger partial charge >= 0.3 is 0 Å². The normalized spacial score (nSPS) is 21.2. The molecule has 98 valence electrons. The van der Waals surface area contributed by atoms with Gasteiger partial charge < -0.3 is 15.0 Å². The van der Waals surface area contributed by atoms with Crippen molar-refractivity contribution in [3.63, 3.8) is 0 Å². The first-order valence-corrected chi connectivity index (χ1v) is 6.30. The summed E-state index contributed by atoms with van der Waals surface area (Å²) in [5.41, 5.74) is 1.21. The number of likely N-dealkylation sites (N-methyl/N-ethyl adjacent to an activating group) is 1. The van der Waals surface area contributed by atoms with Gasteiger partial charge in [-0.3, -0.25) is 4.79 Å². The molecule has 1 fully saturated rings. The van der Waals surface area contributed by atoms with Crippen molar-refractivity contribution in [1.82, 2.24) is 10.2 Å². The molecule has 2 rings (SSSR count). The smallest absolute Gasteiger partial charge is 0.263 e. The molecule has 1 amide bonds. The molecular weight excluding hydrogens is 228 g/mol. The van der Waals surface area contributed by atoms with Gasteiger partial charge in [0.25, 0.3) is 5.91 Å². The highest BCUT2D eigenvalue weighted by Gasteiger charge is 2.30.